The minimum absolute atomic E-state index is 0.145. The van der Waals surface area contributed by atoms with Crippen molar-refractivity contribution in [1.82, 2.24) is 9.38 Å². The maximum Gasteiger partial charge on any atom is 0.314 e. The Labute approximate surface area is 129 Å². The molecular weight excluding hydrogens is 284 g/mol. The van der Waals surface area contributed by atoms with Gasteiger partial charge in [-0.25, -0.2) is 4.98 Å². The number of imidazole rings is 1. The topological polar surface area (TPSA) is 43.6 Å². The first kappa shape index (κ1) is 15.9. The van der Waals surface area contributed by atoms with Gasteiger partial charge in [0.2, 0.25) is 0 Å². The van der Waals surface area contributed by atoms with E-state index in [0.29, 0.717) is 6.61 Å². The van der Waals surface area contributed by atoms with Gasteiger partial charge in [-0.05, 0) is 31.2 Å². The molecule has 0 saturated carbocycles. The fraction of sp³-hybridized carbons (Fsp3) is 0.500. The highest BCUT2D eigenvalue weighted by Gasteiger charge is 2.24. The van der Waals surface area contributed by atoms with Crippen LogP contribution >= 0.6 is 11.8 Å². The Kier molecular flexibility index (Phi) is 5.67. The predicted molar refractivity (Wildman–Crippen MR) is 85.9 cm³/mol. The van der Waals surface area contributed by atoms with Crippen molar-refractivity contribution in [1.29, 1.82) is 0 Å². The van der Waals surface area contributed by atoms with Crippen LogP contribution in [0.1, 0.15) is 45.2 Å². The molecule has 0 aliphatic rings. The van der Waals surface area contributed by atoms with Crippen molar-refractivity contribution in [3.63, 3.8) is 0 Å². The van der Waals surface area contributed by atoms with Gasteiger partial charge in [0.05, 0.1) is 24.2 Å². The summed E-state index contributed by atoms with van der Waals surface area (Å²) in [5.74, 6) is 0.572. The molecule has 0 N–H and O–H groups in total. The van der Waals surface area contributed by atoms with E-state index in [-0.39, 0.29) is 11.9 Å². The number of aromatic nitrogens is 2. The Morgan fingerprint density at radius 2 is 2.19 bits per heavy atom. The average Bonchev–Trinajstić information content (AvgIpc) is 2.89. The second kappa shape index (κ2) is 7.50. The van der Waals surface area contributed by atoms with Gasteiger partial charge in [0, 0.05) is 5.69 Å². The Hall–Kier alpha value is -1.49. The van der Waals surface area contributed by atoms with Gasteiger partial charge in [0.1, 0.15) is 0 Å². The maximum atomic E-state index is 12.3. The predicted octanol–water partition coefficient (Wildman–Crippen LogP) is 3.89. The van der Waals surface area contributed by atoms with Gasteiger partial charge in [0.15, 0.2) is 5.16 Å². The van der Waals surface area contributed by atoms with Gasteiger partial charge in [-0.3, -0.25) is 9.20 Å². The number of ether oxygens (including phenoxy) is 1. The first-order valence-electron chi connectivity index (χ1n) is 7.48. The number of hydrogen-bond acceptors (Lipinski definition) is 4. The zero-order chi connectivity index (χ0) is 15.2. The van der Waals surface area contributed by atoms with Crippen LogP contribution in [0.25, 0.3) is 5.52 Å². The van der Waals surface area contributed by atoms with Crippen molar-refractivity contribution in [3.05, 3.63) is 30.1 Å². The van der Waals surface area contributed by atoms with Gasteiger partial charge in [-0.2, -0.15) is 0 Å². The lowest BCUT2D eigenvalue weighted by Crippen LogP contribution is -2.18. The van der Waals surface area contributed by atoms with Crippen LogP contribution in [-0.4, -0.2) is 27.7 Å². The number of hydrogen-bond donors (Lipinski definition) is 0. The van der Waals surface area contributed by atoms with Crippen LogP contribution in [0.4, 0.5) is 0 Å². The normalized spacial score (nSPS) is 12.5. The molecule has 2 aromatic rings. The number of pyridine rings is 1. The highest BCUT2D eigenvalue weighted by atomic mass is 32.2. The Bertz CT molecular complexity index is 609. The zero-order valence-corrected chi connectivity index (χ0v) is 13.7. The molecule has 0 saturated heterocycles. The zero-order valence-electron chi connectivity index (χ0n) is 12.8. The molecule has 0 aromatic carbocycles. The number of carbonyl (C=O) groups is 1. The number of carbonyl (C=O) groups excluding carboxylic acids is 1. The fourth-order valence-corrected chi connectivity index (χ4v) is 3.19. The van der Waals surface area contributed by atoms with E-state index >= 15 is 0 Å². The minimum atomic E-state index is -0.232. The first-order chi connectivity index (χ1) is 10.2. The van der Waals surface area contributed by atoms with E-state index in [2.05, 4.69) is 23.2 Å². The van der Waals surface area contributed by atoms with Crippen molar-refractivity contribution >= 4 is 23.2 Å². The molecule has 2 aromatic heterocycles. The second-order valence-corrected chi connectivity index (χ2v) is 6.01. The van der Waals surface area contributed by atoms with E-state index in [1.165, 1.54) is 0 Å². The molecule has 0 spiro atoms. The molecule has 2 rings (SSSR count). The van der Waals surface area contributed by atoms with Crippen molar-refractivity contribution < 1.29 is 9.53 Å². The highest BCUT2D eigenvalue weighted by Crippen LogP contribution is 2.28. The lowest BCUT2D eigenvalue weighted by atomic mass is 9.99. The number of thioether (sulfide) groups is 1. The molecule has 5 heteroatoms. The molecule has 21 heavy (non-hydrogen) atoms. The molecule has 0 aliphatic heterocycles. The maximum absolute atomic E-state index is 12.3. The van der Waals surface area contributed by atoms with Crippen molar-refractivity contribution in [2.75, 3.05) is 12.4 Å². The first-order valence-corrected chi connectivity index (χ1v) is 8.47. The molecule has 114 valence electrons. The summed E-state index contributed by atoms with van der Waals surface area (Å²) >= 11 is 1.69. The van der Waals surface area contributed by atoms with Gasteiger partial charge in [0.25, 0.3) is 0 Å². The van der Waals surface area contributed by atoms with Crippen LogP contribution in [-0.2, 0) is 9.53 Å². The number of rotatable bonds is 7. The standard InChI is InChI=1S/C16H22N2O2S/c1-4-8-13(15(19)20-5-2)14-10-7-9-12-11-17-16(18(12)14)21-6-3/h7,9-11,13H,4-6,8H2,1-3H3. The minimum Gasteiger partial charge on any atom is -0.465 e. The smallest absolute Gasteiger partial charge is 0.314 e. The Balaban J connectivity index is 2.50. The number of fused-ring (bicyclic) bond motifs is 1. The van der Waals surface area contributed by atoms with E-state index in [0.717, 1.165) is 35.0 Å². The van der Waals surface area contributed by atoms with Gasteiger partial charge >= 0.3 is 5.97 Å². The molecule has 0 fully saturated rings. The fourth-order valence-electron chi connectivity index (χ4n) is 2.47. The van der Waals surface area contributed by atoms with Crippen LogP contribution in [0, 0.1) is 0 Å². The summed E-state index contributed by atoms with van der Waals surface area (Å²) < 4.78 is 7.35. The van der Waals surface area contributed by atoms with Crippen LogP contribution in [0.15, 0.2) is 29.6 Å². The van der Waals surface area contributed by atoms with Crippen LogP contribution in [0.3, 0.4) is 0 Å². The highest BCUT2D eigenvalue weighted by molar-refractivity contribution is 7.99. The van der Waals surface area contributed by atoms with Crippen molar-refractivity contribution in [2.45, 2.75) is 44.7 Å². The molecule has 0 bridgehead atoms. The SMILES string of the molecule is CCCC(C(=O)OCC)c1cccc2cnc(SCC)n12. The number of esters is 1. The Morgan fingerprint density at radius 1 is 1.38 bits per heavy atom. The third kappa shape index (κ3) is 3.40. The molecular formula is C16H22N2O2S. The summed E-state index contributed by atoms with van der Waals surface area (Å²) in [5, 5.41) is 0.938. The van der Waals surface area contributed by atoms with E-state index in [4.69, 9.17) is 4.74 Å². The quantitative estimate of drug-likeness (QED) is 0.575. The number of nitrogens with zero attached hydrogens (tertiary/aromatic N) is 2. The summed E-state index contributed by atoms with van der Waals surface area (Å²) in [7, 11) is 0. The molecule has 1 atom stereocenters. The third-order valence-corrected chi connectivity index (χ3v) is 4.16. The summed E-state index contributed by atoms with van der Waals surface area (Å²) in [4.78, 5) is 16.8. The second-order valence-electron chi connectivity index (χ2n) is 4.78. The van der Waals surface area contributed by atoms with Gasteiger partial charge < -0.3 is 4.74 Å². The van der Waals surface area contributed by atoms with Gasteiger partial charge in [-0.1, -0.05) is 38.1 Å². The Morgan fingerprint density at radius 3 is 2.86 bits per heavy atom. The van der Waals surface area contributed by atoms with Crippen LogP contribution < -0.4 is 0 Å². The average molecular weight is 306 g/mol. The third-order valence-electron chi connectivity index (χ3n) is 3.33. The molecule has 0 amide bonds. The summed E-state index contributed by atoms with van der Waals surface area (Å²) in [6.07, 6.45) is 3.58. The lowest BCUT2D eigenvalue weighted by molar-refractivity contribution is -0.145. The van der Waals surface area contributed by atoms with Gasteiger partial charge in [-0.15, -0.1) is 0 Å². The van der Waals surface area contributed by atoms with E-state index in [1.54, 1.807) is 11.8 Å². The van der Waals surface area contributed by atoms with E-state index in [9.17, 15) is 4.79 Å². The lowest BCUT2D eigenvalue weighted by Gasteiger charge is -2.17. The van der Waals surface area contributed by atoms with Crippen molar-refractivity contribution in [2.24, 2.45) is 0 Å². The summed E-state index contributed by atoms with van der Waals surface area (Å²) in [5.41, 5.74) is 2.00. The van der Waals surface area contributed by atoms with Crippen LogP contribution in [0.5, 0.6) is 0 Å². The summed E-state index contributed by atoms with van der Waals surface area (Å²) in [6.45, 7) is 6.44. The monoisotopic (exact) mass is 306 g/mol. The molecule has 0 radical (unpaired) electrons. The van der Waals surface area contributed by atoms with Crippen LogP contribution in [0.2, 0.25) is 0 Å². The summed E-state index contributed by atoms with van der Waals surface area (Å²) in [6, 6.07) is 6.00. The van der Waals surface area contributed by atoms with Crippen molar-refractivity contribution in [3.8, 4) is 0 Å². The van der Waals surface area contributed by atoms with E-state index in [1.807, 2.05) is 31.3 Å². The largest absolute Gasteiger partial charge is 0.465 e. The molecule has 2 heterocycles. The molecule has 1 unspecified atom stereocenters. The molecule has 0 aliphatic carbocycles. The molecule has 4 nitrogen and oxygen atoms in total. The van der Waals surface area contributed by atoms with E-state index < -0.39 is 0 Å².